The molecule has 0 aliphatic carbocycles. The number of rotatable bonds is 7. The first-order valence-electron chi connectivity index (χ1n) is 6.68. The number of nitrogens with one attached hydrogen (secondary N) is 1. The van der Waals surface area contributed by atoms with E-state index < -0.39 is 0 Å². The zero-order chi connectivity index (χ0) is 13.5. The maximum atomic E-state index is 4.23. The average Bonchev–Trinajstić information content (AvgIpc) is 2.96. The Labute approximate surface area is 119 Å². The van der Waals surface area contributed by atoms with Crippen LogP contribution in [-0.2, 0) is 13.0 Å². The van der Waals surface area contributed by atoms with E-state index in [9.17, 15) is 0 Å². The SMILES string of the molecule is CCNCc1cnccc1N(C)CCc1cccs1. The van der Waals surface area contributed by atoms with Crippen LogP contribution in [0.1, 0.15) is 17.4 Å². The summed E-state index contributed by atoms with van der Waals surface area (Å²) in [5.41, 5.74) is 2.53. The highest BCUT2D eigenvalue weighted by Gasteiger charge is 2.07. The minimum atomic E-state index is 0.878. The smallest absolute Gasteiger partial charge is 0.0440 e. The Morgan fingerprint density at radius 3 is 3.00 bits per heavy atom. The van der Waals surface area contributed by atoms with Gasteiger partial charge in [0.1, 0.15) is 0 Å². The third-order valence-electron chi connectivity index (χ3n) is 3.13. The second-order valence-corrected chi connectivity index (χ2v) is 5.57. The summed E-state index contributed by atoms with van der Waals surface area (Å²) in [6, 6.07) is 6.41. The standard InChI is InChI=1S/C15H21N3S/c1-3-16-11-13-12-17-8-6-15(13)18(2)9-7-14-5-4-10-19-14/h4-6,8,10,12,16H,3,7,9,11H2,1-2H3. The first kappa shape index (κ1) is 14.0. The van der Waals surface area contributed by atoms with Crippen LogP contribution in [-0.4, -0.2) is 25.1 Å². The van der Waals surface area contributed by atoms with E-state index in [0.717, 1.165) is 26.1 Å². The highest BCUT2D eigenvalue weighted by molar-refractivity contribution is 7.09. The van der Waals surface area contributed by atoms with Gasteiger partial charge in [-0.1, -0.05) is 13.0 Å². The molecule has 0 bridgehead atoms. The molecule has 2 rings (SSSR count). The fourth-order valence-corrected chi connectivity index (χ4v) is 2.74. The van der Waals surface area contributed by atoms with Gasteiger partial charge in [0, 0.05) is 48.7 Å². The van der Waals surface area contributed by atoms with Crippen LogP contribution >= 0.6 is 11.3 Å². The molecule has 0 amide bonds. The van der Waals surface area contributed by atoms with E-state index in [1.807, 2.05) is 23.7 Å². The lowest BCUT2D eigenvalue weighted by atomic mass is 10.2. The summed E-state index contributed by atoms with van der Waals surface area (Å²) < 4.78 is 0. The Bertz CT molecular complexity index is 482. The Morgan fingerprint density at radius 1 is 1.37 bits per heavy atom. The monoisotopic (exact) mass is 275 g/mol. The summed E-state index contributed by atoms with van der Waals surface area (Å²) in [7, 11) is 2.15. The van der Waals surface area contributed by atoms with Crippen LogP contribution in [0, 0.1) is 0 Å². The molecule has 0 saturated heterocycles. The number of pyridine rings is 1. The van der Waals surface area contributed by atoms with Gasteiger partial charge in [-0.05, 0) is 30.5 Å². The normalized spacial score (nSPS) is 10.6. The maximum Gasteiger partial charge on any atom is 0.0440 e. The Balaban J connectivity index is 1.99. The molecular formula is C15H21N3S. The van der Waals surface area contributed by atoms with Crippen LogP contribution < -0.4 is 10.2 Å². The summed E-state index contributed by atoms with van der Waals surface area (Å²) in [4.78, 5) is 7.98. The highest BCUT2D eigenvalue weighted by Crippen LogP contribution is 2.19. The number of anilines is 1. The minimum Gasteiger partial charge on any atom is -0.374 e. The molecule has 2 heterocycles. The van der Waals surface area contributed by atoms with Gasteiger partial charge < -0.3 is 10.2 Å². The lowest BCUT2D eigenvalue weighted by Gasteiger charge is -2.22. The molecule has 0 unspecified atom stereocenters. The van der Waals surface area contributed by atoms with E-state index in [0.29, 0.717) is 0 Å². The predicted octanol–water partition coefficient (Wildman–Crippen LogP) is 2.93. The van der Waals surface area contributed by atoms with Crippen molar-refractivity contribution in [1.82, 2.24) is 10.3 Å². The average molecular weight is 275 g/mol. The van der Waals surface area contributed by atoms with Gasteiger partial charge in [-0.15, -0.1) is 11.3 Å². The predicted molar refractivity (Wildman–Crippen MR) is 82.9 cm³/mol. The topological polar surface area (TPSA) is 28.2 Å². The summed E-state index contributed by atoms with van der Waals surface area (Å²) in [6.07, 6.45) is 4.92. The number of likely N-dealkylation sites (N-methyl/N-ethyl adjacent to an activating group) is 1. The lowest BCUT2D eigenvalue weighted by molar-refractivity contribution is 0.720. The van der Waals surface area contributed by atoms with Crippen LogP contribution in [0.5, 0.6) is 0 Å². The molecule has 4 heteroatoms. The van der Waals surface area contributed by atoms with E-state index in [4.69, 9.17) is 0 Å². The van der Waals surface area contributed by atoms with E-state index in [1.165, 1.54) is 16.1 Å². The summed E-state index contributed by atoms with van der Waals surface area (Å²) in [6.45, 7) is 5.01. The fourth-order valence-electron chi connectivity index (χ4n) is 2.04. The molecule has 0 saturated carbocycles. The fraction of sp³-hybridized carbons (Fsp3) is 0.400. The second-order valence-electron chi connectivity index (χ2n) is 4.54. The van der Waals surface area contributed by atoms with Crippen molar-refractivity contribution in [2.24, 2.45) is 0 Å². The van der Waals surface area contributed by atoms with Crippen molar-refractivity contribution >= 4 is 17.0 Å². The molecule has 19 heavy (non-hydrogen) atoms. The van der Waals surface area contributed by atoms with E-state index in [1.54, 1.807) is 0 Å². The van der Waals surface area contributed by atoms with E-state index in [2.05, 4.69) is 52.8 Å². The Kier molecular flexibility index (Phi) is 5.36. The first-order chi connectivity index (χ1) is 9.31. The minimum absolute atomic E-state index is 0.878. The van der Waals surface area contributed by atoms with E-state index in [-0.39, 0.29) is 0 Å². The van der Waals surface area contributed by atoms with Crippen molar-refractivity contribution in [1.29, 1.82) is 0 Å². The highest BCUT2D eigenvalue weighted by atomic mass is 32.1. The van der Waals surface area contributed by atoms with Gasteiger partial charge >= 0.3 is 0 Å². The van der Waals surface area contributed by atoms with Crippen molar-refractivity contribution in [3.8, 4) is 0 Å². The summed E-state index contributed by atoms with van der Waals surface area (Å²) in [5, 5.41) is 5.50. The van der Waals surface area contributed by atoms with Crippen LogP contribution in [0.2, 0.25) is 0 Å². The molecule has 0 spiro atoms. The molecule has 0 fully saturated rings. The van der Waals surface area contributed by atoms with Gasteiger partial charge in [-0.2, -0.15) is 0 Å². The van der Waals surface area contributed by atoms with Gasteiger partial charge in [0.2, 0.25) is 0 Å². The third-order valence-corrected chi connectivity index (χ3v) is 4.06. The zero-order valence-electron chi connectivity index (χ0n) is 11.6. The first-order valence-corrected chi connectivity index (χ1v) is 7.56. The Hall–Kier alpha value is -1.39. The van der Waals surface area contributed by atoms with Crippen LogP contribution in [0.25, 0.3) is 0 Å². The summed E-state index contributed by atoms with van der Waals surface area (Å²) >= 11 is 1.83. The van der Waals surface area contributed by atoms with Crippen LogP contribution in [0.3, 0.4) is 0 Å². The van der Waals surface area contributed by atoms with Gasteiger partial charge in [-0.25, -0.2) is 0 Å². The van der Waals surface area contributed by atoms with Crippen molar-refractivity contribution in [2.45, 2.75) is 19.9 Å². The number of thiophene rings is 1. The number of hydrogen-bond donors (Lipinski definition) is 1. The molecule has 1 N–H and O–H groups in total. The lowest BCUT2D eigenvalue weighted by Crippen LogP contribution is -2.23. The van der Waals surface area contributed by atoms with Gasteiger partial charge in [-0.3, -0.25) is 4.98 Å². The molecule has 2 aromatic heterocycles. The molecular weight excluding hydrogens is 254 g/mol. The van der Waals surface area contributed by atoms with Crippen molar-refractivity contribution in [3.63, 3.8) is 0 Å². The molecule has 102 valence electrons. The van der Waals surface area contributed by atoms with Gasteiger partial charge in [0.25, 0.3) is 0 Å². The molecule has 0 atom stereocenters. The van der Waals surface area contributed by atoms with E-state index >= 15 is 0 Å². The zero-order valence-corrected chi connectivity index (χ0v) is 12.4. The van der Waals surface area contributed by atoms with Crippen molar-refractivity contribution < 1.29 is 0 Å². The van der Waals surface area contributed by atoms with Gasteiger partial charge in [0.05, 0.1) is 0 Å². The quantitative estimate of drug-likeness (QED) is 0.842. The number of aromatic nitrogens is 1. The van der Waals surface area contributed by atoms with Crippen molar-refractivity contribution in [3.05, 3.63) is 46.4 Å². The molecule has 0 aliphatic rings. The third kappa shape index (κ3) is 4.04. The second kappa shape index (κ2) is 7.26. The largest absolute Gasteiger partial charge is 0.374 e. The van der Waals surface area contributed by atoms with Crippen LogP contribution in [0.15, 0.2) is 36.0 Å². The molecule has 3 nitrogen and oxygen atoms in total. The van der Waals surface area contributed by atoms with Gasteiger partial charge in [0.15, 0.2) is 0 Å². The van der Waals surface area contributed by atoms with Crippen LogP contribution in [0.4, 0.5) is 5.69 Å². The maximum absolute atomic E-state index is 4.23. The number of hydrogen-bond acceptors (Lipinski definition) is 4. The molecule has 0 radical (unpaired) electrons. The number of nitrogens with zero attached hydrogens (tertiary/aromatic N) is 2. The summed E-state index contributed by atoms with van der Waals surface area (Å²) in [5.74, 6) is 0. The van der Waals surface area contributed by atoms with Crippen molar-refractivity contribution in [2.75, 3.05) is 25.0 Å². The Morgan fingerprint density at radius 2 is 2.26 bits per heavy atom. The molecule has 0 aliphatic heterocycles. The molecule has 0 aromatic carbocycles. The molecule has 2 aromatic rings.